The molecule has 2 aromatic heterocycles. The highest BCUT2D eigenvalue weighted by Crippen LogP contribution is 2.22. The van der Waals surface area contributed by atoms with Crippen molar-refractivity contribution >= 4 is 40.6 Å². The number of aryl methyl sites for hydroxylation is 1. The van der Waals surface area contributed by atoms with Crippen LogP contribution in [0.4, 0.5) is 5.69 Å². The summed E-state index contributed by atoms with van der Waals surface area (Å²) in [5, 5.41) is 8.52. The van der Waals surface area contributed by atoms with E-state index in [0.717, 1.165) is 21.8 Å². The molecule has 2 amide bonds. The minimum absolute atomic E-state index is 0.100. The molecule has 0 saturated carbocycles. The predicted octanol–water partition coefficient (Wildman–Crippen LogP) is 4.90. The normalized spacial score (nSPS) is 10.7. The van der Waals surface area contributed by atoms with Crippen LogP contribution in [0.3, 0.4) is 0 Å². The molecule has 0 spiro atoms. The van der Waals surface area contributed by atoms with E-state index in [-0.39, 0.29) is 17.6 Å². The third-order valence-corrected chi connectivity index (χ3v) is 6.47. The highest BCUT2D eigenvalue weighted by Gasteiger charge is 2.12. The molecule has 0 aliphatic heterocycles. The van der Waals surface area contributed by atoms with Crippen LogP contribution < -0.4 is 10.6 Å². The van der Waals surface area contributed by atoms with Crippen LogP contribution in [-0.2, 0) is 11.3 Å². The Hall–Kier alpha value is -3.36. The smallest absolute Gasteiger partial charge is 0.251 e. The lowest BCUT2D eigenvalue weighted by Gasteiger charge is -2.10. The summed E-state index contributed by atoms with van der Waals surface area (Å²) in [6.07, 6.45) is 3.51. The zero-order chi connectivity index (χ0) is 22.3. The van der Waals surface area contributed by atoms with Gasteiger partial charge in [-0.05, 0) is 54.3 Å². The van der Waals surface area contributed by atoms with Crippen LogP contribution in [0.25, 0.3) is 5.69 Å². The standard InChI is InChI=1S/C24H22N4O2S2/c1-17-5-2-7-19(13-17)27-22(29)16-32-24-25-10-11-28(24)20-8-3-6-18(14-20)23(30)26-15-21-9-4-12-31-21/h2-14H,15-16H2,1H3,(H,26,30)(H,27,29). The molecule has 162 valence electrons. The van der Waals surface area contributed by atoms with E-state index in [0.29, 0.717) is 17.3 Å². The van der Waals surface area contributed by atoms with Crippen molar-refractivity contribution in [1.82, 2.24) is 14.9 Å². The molecule has 0 radical (unpaired) electrons. The lowest BCUT2D eigenvalue weighted by molar-refractivity contribution is -0.113. The van der Waals surface area contributed by atoms with Crippen molar-refractivity contribution in [3.05, 3.63) is 94.4 Å². The number of benzene rings is 2. The summed E-state index contributed by atoms with van der Waals surface area (Å²) in [4.78, 5) is 30.4. The molecular weight excluding hydrogens is 440 g/mol. The molecular formula is C24H22N4O2S2. The van der Waals surface area contributed by atoms with Gasteiger partial charge in [0.25, 0.3) is 5.91 Å². The van der Waals surface area contributed by atoms with Gasteiger partial charge in [0.05, 0.1) is 12.3 Å². The lowest BCUT2D eigenvalue weighted by atomic mass is 10.2. The molecule has 4 rings (SSSR count). The number of carbonyl (C=O) groups excluding carboxylic acids is 2. The molecule has 0 unspecified atom stereocenters. The Balaban J connectivity index is 1.39. The summed E-state index contributed by atoms with van der Waals surface area (Å²) in [5.74, 6) is -0.00433. The molecule has 8 heteroatoms. The number of nitrogens with zero attached hydrogens (tertiary/aromatic N) is 2. The number of hydrogen-bond donors (Lipinski definition) is 2. The van der Waals surface area contributed by atoms with Gasteiger partial charge in [-0.2, -0.15) is 0 Å². The van der Waals surface area contributed by atoms with E-state index in [1.807, 2.05) is 77.7 Å². The predicted molar refractivity (Wildman–Crippen MR) is 130 cm³/mol. The van der Waals surface area contributed by atoms with Gasteiger partial charge in [-0.1, -0.05) is 36.0 Å². The number of carbonyl (C=O) groups is 2. The number of rotatable bonds is 8. The Labute approximate surface area is 194 Å². The first-order chi connectivity index (χ1) is 15.6. The van der Waals surface area contributed by atoms with E-state index < -0.39 is 0 Å². The van der Waals surface area contributed by atoms with Crippen LogP contribution in [0.5, 0.6) is 0 Å². The van der Waals surface area contributed by atoms with Crippen molar-refractivity contribution in [2.24, 2.45) is 0 Å². The van der Waals surface area contributed by atoms with Crippen molar-refractivity contribution < 1.29 is 9.59 Å². The van der Waals surface area contributed by atoms with Crippen LogP contribution in [0, 0.1) is 6.92 Å². The molecule has 2 aromatic carbocycles. The van der Waals surface area contributed by atoms with Crippen LogP contribution >= 0.6 is 23.1 Å². The number of amides is 2. The molecule has 0 atom stereocenters. The minimum atomic E-state index is -0.132. The van der Waals surface area contributed by atoms with Gasteiger partial charge < -0.3 is 10.6 Å². The van der Waals surface area contributed by atoms with Crippen LogP contribution in [0.1, 0.15) is 20.8 Å². The fraction of sp³-hybridized carbons (Fsp3) is 0.125. The highest BCUT2D eigenvalue weighted by molar-refractivity contribution is 7.99. The number of thiophene rings is 1. The fourth-order valence-corrected chi connectivity index (χ4v) is 4.54. The third-order valence-electron chi connectivity index (χ3n) is 4.63. The number of nitrogens with one attached hydrogen (secondary N) is 2. The summed E-state index contributed by atoms with van der Waals surface area (Å²) in [5.41, 5.74) is 3.25. The maximum absolute atomic E-state index is 12.6. The molecule has 0 fully saturated rings. The second kappa shape index (κ2) is 10.3. The van der Waals surface area contributed by atoms with E-state index in [9.17, 15) is 9.59 Å². The fourth-order valence-electron chi connectivity index (χ4n) is 3.12. The van der Waals surface area contributed by atoms with Crippen molar-refractivity contribution in [3.63, 3.8) is 0 Å². The zero-order valence-electron chi connectivity index (χ0n) is 17.4. The second-order valence-corrected chi connectivity index (χ2v) is 9.07. The number of hydrogen-bond acceptors (Lipinski definition) is 5. The molecule has 32 heavy (non-hydrogen) atoms. The van der Waals surface area contributed by atoms with Crippen LogP contribution in [0.15, 0.2) is 83.6 Å². The van der Waals surface area contributed by atoms with Gasteiger partial charge in [-0.25, -0.2) is 4.98 Å². The van der Waals surface area contributed by atoms with E-state index >= 15 is 0 Å². The molecule has 0 bridgehead atoms. The topological polar surface area (TPSA) is 76.0 Å². The summed E-state index contributed by atoms with van der Waals surface area (Å²) >= 11 is 2.95. The van der Waals surface area contributed by atoms with Crippen molar-refractivity contribution in [2.45, 2.75) is 18.6 Å². The van der Waals surface area contributed by atoms with Gasteiger partial charge in [-0.15, -0.1) is 11.3 Å². The van der Waals surface area contributed by atoms with Crippen LogP contribution in [-0.4, -0.2) is 27.1 Å². The van der Waals surface area contributed by atoms with Crippen molar-refractivity contribution in [1.29, 1.82) is 0 Å². The average Bonchev–Trinajstić information content (AvgIpc) is 3.48. The first-order valence-electron chi connectivity index (χ1n) is 10.0. The molecule has 0 aliphatic rings. The van der Waals surface area contributed by atoms with E-state index in [2.05, 4.69) is 15.6 Å². The quantitative estimate of drug-likeness (QED) is 0.365. The van der Waals surface area contributed by atoms with E-state index in [1.54, 1.807) is 23.6 Å². The summed E-state index contributed by atoms with van der Waals surface area (Å²) in [7, 11) is 0. The van der Waals surface area contributed by atoms with Gasteiger partial charge in [0.15, 0.2) is 5.16 Å². The SMILES string of the molecule is Cc1cccc(NC(=O)CSc2nccn2-c2cccc(C(=O)NCc3cccs3)c2)c1. The van der Waals surface area contributed by atoms with Gasteiger partial charge >= 0.3 is 0 Å². The van der Waals surface area contributed by atoms with Gasteiger partial charge in [0.1, 0.15) is 0 Å². The Morgan fingerprint density at radius 2 is 1.97 bits per heavy atom. The van der Waals surface area contributed by atoms with E-state index in [4.69, 9.17) is 0 Å². The molecule has 4 aromatic rings. The first kappa shape index (κ1) is 21.9. The second-order valence-electron chi connectivity index (χ2n) is 7.10. The van der Waals surface area contributed by atoms with Gasteiger partial charge in [-0.3, -0.25) is 14.2 Å². The number of aromatic nitrogens is 2. The maximum Gasteiger partial charge on any atom is 0.251 e. The monoisotopic (exact) mass is 462 g/mol. The van der Waals surface area contributed by atoms with Crippen molar-refractivity contribution in [2.75, 3.05) is 11.1 Å². The minimum Gasteiger partial charge on any atom is -0.347 e. The van der Waals surface area contributed by atoms with E-state index in [1.165, 1.54) is 11.8 Å². The maximum atomic E-state index is 12.6. The highest BCUT2D eigenvalue weighted by atomic mass is 32.2. The summed E-state index contributed by atoms with van der Waals surface area (Å²) in [6.45, 7) is 2.49. The Kier molecular flexibility index (Phi) is 7.03. The van der Waals surface area contributed by atoms with Gasteiger partial charge in [0, 0.05) is 34.2 Å². The summed E-state index contributed by atoms with van der Waals surface area (Å²) < 4.78 is 1.88. The average molecular weight is 463 g/mol. The molecule has 2 heterocycles. The lowest BCUT2D eigenvalue weighted by Crippen LogP contribution is -2.22. The van der Waals surface area contributed by atoms with Crippen molar-refractivity contribution in [3.8, 4) is 5.69 Å². The molecule has 2 N–H and O–H groups in total. The molecule has 0 saturated heterocycles. The zero-order valence-corrected chi connectivity index (χ0v) is 19.1. The Morgan fingerprint density at radius 1 is 1.09 bits per heavy atom. The largest absolute Gasteiger partial charge is 0.347 e. The third kappa shape index (κ3) is 5.66. The Bertz CT molecular complexity index is 1220. The summed E-state index contributed by atoms with van der Waals surface area (Å²) in [6, 6.07) is 19.0. The van der Waals surface area contributed by atoms with Crippen LogP contribution in [0.2, 0.25) is 0 Å². The molecule has 0 aliphatic carbocycles. The number of imidazole rings is 1. The first-order valence-corrected chi connectivity index (χ1v) is 11.9. The number of anilines is 1. The van der Waals surface area contributed by atoms with Gasteiger partial charge in [0.2, 0.25) is 5.91 Å². The molecule has 6 nitrogen and oxygen atoms in total. The number of thioether (sulfide) groups is 1. The Morgan fingerprint density at radius 3 is 2.78 bits per heavy atom.